The van der Waals surface area contributed by atoms with Crippen LogP contribution in [0.5, 0.6) is 0 Å². The van der Waals surface area contributed by atoms with Crippen molar-refractivity contribution in [1.82, 2.24) is 15.0 Å². The Morgan fingerprint density at radius 2 is 1.67 bits per heavy atom. The van der Waals surface area contributed by atoms with Crippen LogP contribution in [0.4, 0.5) is 11.8 Å². The van der Waals surface area contributed by atoms with Crippen molar-refractivity contribution in [3.63, 3.8) is 0 Å². The molecule has 1 aromatic carbocycles. The Balaban J connectivity index is 1.54. The van der Waals surface area contributed by atoms with Crippen LogP contribution in [0.1, 0.15) is 16.7 Å². The fraction of sp³-hybridized carbons (Fsp3) is 0.211. The van der Waals surface area contributed by atoms with E-state index in [0.717, 1.165) is 30.9 Å². The van der Waals surface area contributed by atoms with Crippen molar-refractivity contribution in [2.75, 3.05) is 16.8 Å². The van der Waals surface area contributed by atoms with Gasteiger partial charge in [-0.1, -0.05) is 30.3 Å². The first-order valence-corrected chi connectivity index (χ1v) is 8.17. The molecule has 0 unspecified atom stereocenters. The smallest absolute Gasteiger partial charge is 0.222 e. The van der Waals surface area contributed by atoms with Crippen LogP contribution in [-0.2, 0) is 19.5 Å². The molecule has 5 nitrogen and oxygen atoms in total. The maximum absolute atomic E-state index is 4.63. The second kappa shape index (κ2) is 6.66. The van der Waals surface area contributed by atoms with Crippen LogP contribution in [0.15, 0.2) is 61.1 Å². The van der Waals surface area contributed by atoms with Gasteiger partial charge >= 0.3 is 0 Å². The molecule has 24 heavy (non-hydrogen) atoms. The highest BCUT2D eigenvalue weighted by Gasteiger charge is 2.19. The zero-order valence-electron chi connectivity index (χ0n) is 13.4. The van der Waals surface area contributed by atoms with Gasteiger partial charge in [-0.3, -0.25) is 0 Å². The molecule has 1 aliphatic heterocycles. The Hall–Kier alpha value is -2.95. The standard InChI is InChI=1S/C19H19N5/c1-2-6-17-14-24(12-8-15(17)5-1)18-16(7-3-9-20-18)13-23-19-21-10-4-11-22-19/h1-7,9-11H,8,12-14H2,(H,21,22,23). The number of benzene rings is 1. The maximum atomic E-state index is 4.63. The largest absolute Gasteiger partial charge is 0.352 e. The molecular formula is C19H19N5. The summed E-state index contributed by atoms with van der Waals surface area (Å²) in [5.41, 5.74) is 3.99. The monoisotopic (exact) mass is 317 g/mol. The topological polar surface area (TPSA) is 53.9 Å². The minimum absolute atomic E-state index is 0.635. The van der Waals surface area contributed by atoms with E-state index in [-0.39, 0.29) is 0 Å². The summed E-state index contributed by atoms with van der Waals surface area (Å²) in [6.07, 6.45) is 6.39. The van der Waals surface area contributed by atoms with E-state index in [4.69, 9.17) is 0 Å². The SMILES string of the molecule is c1cnc(NCc2cccnc2N2CCc3ccccc3C2)nc1. The first-order chi connectivity index (χ1) is 11.9. The molecule has 120 valence electrons. The van der Waals surface area contributed by atoms with Gasteiger partial charge in [-0.15, -0.1) is 0 Å². The predicted octanol–water partition coefficient (Wildman–Crippen LogP) is 3.05. The van der Waals surface area contributed by atoms with Crippen LogP contribution >= 0.6 is 0 Å². The van der Waals surface area contributed by atoms with Gasteiger partial charge in [-0.05, 0) is 29.7 Å². The van der Waals surface area contributed by atoms with E-state index < -0.39 is 0 Å². The molecule has 2 aromatic heterocycles. The fourth-order valence-corrected chi connectivity index (χ4v) is 3.09. The van der Waals surface area contributed by atoms with Gasteiger partial charge in [-0.2, -0.15) is 0 Å². The predicted molar refractivity (Wildman–Crippen MR) is 94.8 cm³/mol. The number of hydrogen-bond donors (Lipinski definition) is 1. The van der Waals surface area contributed by atoms with E-state index in [1.54, 1.807) is 12.4 Å². The van der Waals surface area contributed by atoms with Crippen LogP contribution in [0.3, 0.4) is 0 Å². The highest BCUT2D eigenvalue weighted by molar-refractivity contribution is 5.50. The molecule has 3 aromatic rings. The number of nitrogens with one attached hydrogen (secondary N) is 1. The Morgan fingerprint density at radius 3 is 2.54 bits per heavy atom. The van der Waals surface area contributed by atoms with Crippen molar-refractivity contribution < 1.29 is 0 Å². The van der Waals surface area contributed by atoms with Gasteiger partial charge in [0, 0.05) is 43.8 Å². The highest BCUT2D eigenvalue weighted by atomic mass is 15.2. The van der Waals surface area contributed by atoms with Crippen molar-refractivity contribution in [3.8, 4) is 0 Å². The molecule has 0 fully saturated rings. The molecule has 0 saturated heterocycles. The van der Waals surface area contributed by atoms with E-state index in [2.05, 4.69) is 55.5 Å². The molecule has 5 heteroatoms. The Morgan fingerprint density at radius 1 is 0.875 bits per heavy atom. The molecular weight excluding hydrogens is 298 g/mol. The van der Waals surface area contributed by atoms with Gasteiger partial charge in [0.2, 0.25) is 5.95 Å². The van der Waals surface area contributed by atoms with Crippen molar-refractivity contribution >= 4 is 11.8 Å². The van der Waals surface area contributed by atoms with Gasteiger partial charge in [0.25, 0.3) is 0 Å². The number of rotatable bonds is 4. The fourth-order valence-electron chi connectivity index (χ4n) is 3.09. The third-order valence-electron chi connectivity index (χ3n) is 4.30. The zero-order valence-corrected chi connectivity index (χ0v) is 13.4. The molecule has 4 rings (SSSR count). The molecule has 0 amide bonds. The lowest BCUT2D eigenvalue weighted by Gasteiger charge is -2.31. The number of anilines is 2. The number of hydrogen-bond acceptors (Lipinski definition) is 5. The Bertz CT molecular complexity index is 819. The third kappa shape index (κ3) is 3.06. The average molecular weight is 317 g/mol. The van der Waals surface area contributed by atoms with Crippen molar-refractivity contribution in [1.29, 1.82) is 0 Å². The van der Waals surface area contributed by atoms with Gasteiger partial charge < -0.3 is 10.2 Å². The Labute approximate surface area is 141 Å². The van der Waals surface area contributed by atoms with E-state index >= 15 is 0 Å². The summed E-state index contributed by atoms with van der Waals surface area (Å²) in [5.74, 6) is 1.67. The molecule has 0 spiro atoms. The summed E-state index contributed by atoms with van der Waals surface area (Å²) >= 11 is 0. The minimum Gasteiger partial charge on any atom is -0.352 e. The summed E-state index contributed by atoms with van der Waals surface area (Å²) in [5, 5.41) is 3.27. The quantitative estimate of drug-likeness (QED) is 0.801. The summed E-state index contributed by atoms with van der Waals surface area (Å²) in [7, 11) is 0. The third-order valence-corrected chi connectivity index (χ3v) is 4.30. The molecule has 1 aliphatic rings. The molecule has 0 bridgehead atoms. The van der Waals surface area contributed by atoms with E-state index in [9.17, 15) is 0 Å². The summed E-state index contributed by atoms with van der Waals surface area (Å²) in [4.78, 5) is 15.4. The van der Waals surface area contributed by atoms with Gasteiger partial charge in [0.1, 0.15) is 5.82 Å². The molecule has 0 atom stereocenters. The van der Waals surface area contributed by atoms with Crippen LogP contribution in [0.25, 0.3) is 0 Å². The maximum Gasteiger partial charge on any atom is 0.222 e. The lowest BCUT2D eigenvalue weighted by atomic mass is 9.99. The van der Waals surface area contributed by atoms with Crippen LogP contribution in [0, 0.1) is 0 Å². The van der Waals surface area contributed by atoms with Crippen molar-refractivity contribution in [3.05, 3.63) is 77.7 Å². The average Bonchev–Trinajstić information content (AvgIpc) is 2.67. The summed E-state index contributed by atoms with van der Waals surface area (Å²) < 4.78 is 0. The van der Waals surface area contributed by atoms with Gasteiger partial charge in [0.15, 0.2) is 0 Å². The van der Waals surface area contributed by atoms with Gasteiger partial charge in [-0.25, -0.2) is 15.0 Å². The second-order valence-corrected chi connectivity index (χ2v) is 5.85. The molecule has 0 radical (unpaired) electrons. The van der Waals surface area contributed by atoms with Gasteiger partial charge in [0.05, 0.1) is 0 Å². The Kier molecular flexibility index (Phi) is 4.06. The lowest BCUT2D eigenvalue weighted by molar-refractivity contribution is 0.716. The highest BCUT2D eigenvalue weighted by Crippen LogP contribution is 2.25. The summed E-state index contributed by atoms with van der Waals surface area (Å²) in [6.45, 7) is 2.55. The second-order valence-electron chi connectivity index (χ2n) is 5.85. The zero-order chi connectivity index (χ0) is 16.2. The number of pyridine rings is 1. The number of nitrogens with zero attached hydrogens (tertiary/aromatic N) is 4. The van der Waals surface area contributed by atoms with Crippen molar-refractivity contribution in [2.45, 2.75) is 19.5 Å². The summed E-state index contributed by atoms with van der Waals surface area (Å²) in [6, 6.07) is 14.6. The first-order valence-electron chi connectivity index (χ1n) is 8.17. The normalized spacial score (nSPS) is 13.4. The van der Waals surface area contributed by atoms with Crippen LogP contribution in [0.2, 0.25) is 0 Å². The molecule has 0 saturated carbocycles. The number of aromatic nitrogens is 3. The molecule has 0 aliphatic carbocycles. The van der Waals surface area contributed by atoms with E-state index in [1.165, 1.54) is 11.1 Å². The molecule has 1 N–H and O–H groups in total. The minimum atomic E-state index is 0.635. The van der Waals surface area contributed by atoms with E-state index in [0.29, 0.717) is 12.5 Å². The van der Waals surface area contributed by atoms with Crippen LogP contribution in [-0.4, -0.2) is 21.5 Å². The molecule has 3 heterocycles. The van der Waals surface area contributed by atoms with E-state index in [1.807, 2.05) is 18.3 Å². The number of fused-ring (bicyclic) bond motifs is 1. The lowest BCUT2D eigenvalue weighted by Crippen LogP contribution is -2.32. The van der Waals surface area contributed by atoms with Crippen molar-refractivity contribution in [2.24, 2.45) is 0 Å². The first kappa shape index (κ1) is 14.6. The van der Waals surface area contributed by atoms with Crippen LogP contribution < -0.4 is 10.2 Å².